The van der Waals surface area contributed by atoms with Crippen LogP contribution in [0.2, 0.25) is 0 Å². The summed E-state index contributed by atoms with van der Waals surface area (Å²) in [7, 11) is 0. The van der Waals surface area contributed by atoms with E-state index in [0.29, 0.717) is 6.54 Å². The summed E-state index contributed by atoms with van der Waals surface area (Å²) in [4.78, 5) is 15.0. The molecule has 0 spiro atoms. The van der Waals surface area contributed by atoms with Crippen molar-refractivity contribution in [2.75, 3.05) is 13.1 Å². The van der Waals surface area contributed by atoms with Gasteiger partial charge in [-0.3, -0.25) is 4.79 Å². The Kier molecular flexibility index (Phi) is 4.36. The van der Waals surface area contributed by atoms with Crippen LogP contribution in [-0.4, -0.2) is 34.5 Å². The molecule has 7 heteroatoms. The van der Waals surface area contributed by atoms with Gasteiger partial charge in [0.05, 0.1) is 19.4 Å². The predicted octanol–water partition coefficient (Wildman–Crippen LogP) is -0.0166. The lowest BCUT2D eigenvalue weighted by atomic mass is 10.3. The van der Waals surface area contributed by atoms with E-state index >= 15 is 0 Å². The van der Waals surface area contributed by atoms with Crippen molar-refractivity contribution in [3.8, 4) is 0 Å². The molecule has 1 rings (SSSR count). The van der Waals surface area contributed by atoms with Gasteiger partial charge in [0.25, 0.3) is 5.92 Å². The number of hydrogen-bond donors (Lipinski definition) is 2. The minimum Gasteiger partial charge on any atom is -0.350 e. The second kappa shape index (κ2) is 5.55. The number of amides is 1. The van der Waals surface area contributed by atoms with E-state index in [1.54, 1.807) is 23.3 Å². The zero-order valence-electron chi connectivity index (χ0n) is 8.70. The number of rotatable bonds is 6. The third-order valence-electron chi connectivity index (χ3n) is 2.00. The molecule has 1 amide bonds. The zero-order valence-corrected chi connectivity index (χ0v) is 8.70. The average Bonchev–Trinajstić information content (AvgIpc) is 2.76. The van der Waals surface area contributed by atoms with Gasteiger partial charge in [-0.15, -0.1) is 0 Å². The van der Waals surface area contributed by atoms with Crippen LogP contribution in [0, 0.1) is 0 Å². The van der Waals surface area contributed by atoms with Crippen LogP contribution in [0.1, 0.15) is 6.42 Å². The van der Waals surface area contributed by atoms with Gasteiger partial charge in [-0.2, -0.15) is 0 Å². The standard InChI is InChI=1S/C9H14F2N4O/c10-9(11,5-12)6-14-8(16)1-3-15-4-2-13-7-15/h2,4,7H,1,3,5-6,12H2,(H,14,16). The average molecular weight is 232 g/mol. The van der Waals surface area contributed by atoms with Crippen LogP contribution in [0.3, 0.4) is 0 Å². The van der Waals surface area contributed by atoms with Gasteiger partial charge in [0.1, 0.15) is 0 Å². The molecule has 0 fully saturated rings. The van der Waals surface area contributed by atoms with E-state index in [9.17, 15) is 13.6 Å². The third kappa shape index (κ3) is 4.35. The molecule has 1 heterocycles. The fourth-order valence-electron chi connectivity index (χ4n) is 1.04. The molecular weight excluding hydrogens is 218 g/mol. The summed E-state index contributed by atoms with van der Waals surface area (Å²) in [6.45, 7) is -1.07. The number of carbonyl (C=O) groups excluding carboxylic acids is 1. The summed E-state index contributed by atoms with van der Waals surface area (Å²) < 4.78 is 27.0. The third-order valence-corrected chi connectivity index (χ3v) is 2.00. The Labute approximate surface area is 91.6 Å². The smallest absolute Gasteiger partial charge is 0.277 e. The highest BCUT2D eigenvalue weighted by molar-refractivity contribution is 5.75. The van der Waals surface area contributed by atoms with Crippen molar-refractivity contribution >= 4 is 5.91 Å². The second-order valence-corrected chi connectivity index (χ2v) is 3.39. The summed E-state index contributed by atoms with van der Waals surface area (Å²) in [5.41, 5.74) is 4.83. The first kappa shape index (κ1) is 12.6. The normalized spacial score (nSPS) is 11.4. The number of carbonyl (C=O) groups is 1. The Hall–Kier alpha value is -1.50. The van der Waals surface area contributed by atoms with Gasteiger partial charge in [0.15, 0.2) is 0 Å². The molecule has 1 aromatic heterocycles. The molecule has 0 saturated carbocycles. The quantitative estimate of drug-likeness (QED) is 0.724. The van der Waals surface area contributed by atoms with Crippen LogP contribution in [-0.2, 0) is 11.3 Å². The molecule has 5 nitrogen and oxygen atoms in total. The predicted molar refractivity (Wildman–Crippen MR) is 53.9 cm³/mol. The summed E-state index contributed by atoms with van der Waals surface area (Å²) in [5, 5.41) is 2.13. The van der Waals surface area contributed by atoms with E-state index in [4.69, 9.17) is 5.73 Å². The Bertz CT molecular complexity index is 326. The van der Waals surface area contributed by atoms with Gasteiger partial charge in [0.2, 0.25) is 5.91 Å². The molecule has 0 unspecified atom stereocenters. The van der Waals surface area contributed by atoms with Gasteiger partial charge in [-0.05, 0) is 0 Å². The molecule has 0 aliphatic heterocycles. The molecule has 16 heavy (non-hydrogen) atoms. The minimum atomic E-state index is -3.04. The molecule has 0 aliphatic carbocycles. The number of nitrogens with zero attached hydrogens (tertiary/aromatic N) is 2. The monoisotopic (exact) mass is 232 g/mol. The lowest BCUT2D eigenvalue weighted by Crippen LogP contribution is -2.41. The van der Waals surface area contributed by atoms with Crippen LogP contribution in [0.25, 0.3) is 0 Å². The summed E-state index contributed by atoms with van der Waals surface area (Å²) >= 11 is 0. The number of aromatic nitrogens is 2. The van der Waals surface area contributed by atoms with Crippen LogP contribution >= 0.6 is 0 Å². The zero-order chi connectivity index (χ0) is 12.0. The van der Waals surface area contributed by atoms with Crippen LogP contribution in [0.5, 0.6) is 0 Å². The maximum absolute atomic E-state index is 12.7. The van der Waals surface area contributed by atoms with Crippen molar-refractivity contribution in [3.63, 3.8) is 0 Å². The fraction of sp³-hybridized carbons (Fsp3) is 0.556. The first-order valence-corrected chi connectivity index (χ1v) is 4.84. The largest absolute Gasteiger partial charge is 0.350 e. The van der Waals surface area contributed by atoms with Gasteiger partial charge < -0.3 is 15.6 Å². The van der Waals surface area contributed by atoms with Crippen molar-refractivity contribution in [1.82, 2.24) is 14.9 Å². The second-order valence-electron chi connectivity index (χ2n) is 3.39. The number of nitrogens with one attached hydrogen (secondary N) is 1. The highest BCUT2D eigenvalue weighted by Crippen LogP contribution is 2.08. The molecule has 0 radical (unpaired) electrons. The number of nitrogens with two attached hydrogens (primary N) is 1. The SMILES string of the molecule is NCC(F)(F)CNC(=O)CCn1ccnc1. The van der Waals surface area contributed by atoms with Gasteiger partial charge >= 0.3 is 0 Å². The molecule has 3 N–H and O–H groups in total. The van der Waals surface area contributed by atoms with Gasteiger partial charge in [-0.1, -0.05) is 0 Å². The number of halogens is 2. The lowest BCUT2D eigenvalue weighted by molar-refractivity contribution is -0.123. The fourth-order valence-corrected chi connectivity index (χ4v) is 1.04. The molecule has 0 saturated heterocycles. The Morgan fingerprint density at radius 3 is 2.88 bits per heavy atom. The lowest BCUT2D eigenvalue weighted by Gasteiger charge is -2.14. The van der Waals surface area contributed by atoms with E-state index in [-0.39, 0.29) is 6.42 Å². The van der Waals surface area contributed by atoms with Crippen molar-refractivity contribution in [1.29, 1.82) is 0 Å². The molecule has 1 aromatic rings. The highest BCUT2D eigenvalue weighted by atomic mass is 19.3. The van der Waals surface area contributed by atoms with E-state index in [1.165, 1.54) is 0 Å². The molecule has 90 valence electrons. The summed E-state index contributed by atoms with van der Waals surface area (Å²) in [6.07, 6.45) is 4.97. The maximum Gasteiger partial charge on any atom is 0.277 e. The summed E-state index contributed by atoms with van der Waals surface area (Å²) in [6, 6.07) is 0. The van der Waals surface area contributed by atoms with Crippen molar-refractivity contribution in [3.05, 3.63) is 18.7 Å². The minimum absolute atomic E-state index is 0.136. The summed E-state index contributed by atoms with van der Waals surface area (Å²) in [5.74, 6) is -3.47. The molecule has 0 bridgehead atoms. The molecule has 0 aromatic carbocycles. The number of aryl methyl sites for hydroxylation is 1. The number of imidazole rings is 1. The first-order valence-electron chi connectivity index (χ1n) is 4.84. The van der Waals surface area contributed by atoms with Crippen LogP contribution in [0.4, 0.5) is 8.78 Å². The Balaban J connectivity index is 2.21. The highest BCUT2D eigenvalue weighted by Gasteiger charge is 2.26. The number of alkyl halides is 2. The topological polar surface area (TPSA) is 72.9 Å². The Morgan fingerprint density at radius 2 is 2.31 bits per heavy atom. The maximum atomic E-state index is 12.7. The van der Waals surface area contributed by atoms with Gasteiger partial charge in [-0.25, -0.2) is 13.8 Å². The Morgan fingerprint density at radius 1 is 1.56 bits per heavy atom. The van der Waals surface area contributed by atoms with E-state index in [0.717, 1.165) is 0 Å². The van der Waals surface area contributed by atoms with E-state index in [2.05, 4.69) is 10.3 Å². The van der Waals surface area contributed by atoms with Crippen molar-refractivity contribution < 1.29 is 13.6 Å². The number of hydrogen-bond acceptors (Lipinski definition) is 3. The molecule has 0 aliphatic rings. The van der Waals surface area contributed by atoms with Crippen LogP contribution in [0.15, 0.2) is 18.7 Å². The van der Waals surface area contributed by atoms with Crippen molar-refractivity contribution in [2.45, 2.75) is 18.9 Å². The van der Waals surface area contributed by atoms with Crippen LogP contribution < -0.4 is 11.1 Å². The van der Waals surface area contributed by atoms with Gasteiger partial charge in [0, 0.05) is 25.4 Å². The first-order chi connectivity index (χ1) is 7.53. The molecular formula is C9H14F2N4O. The van der Waals surface area contributed by atoms with E-state index in [1.807, 2.05) is 0 Å². The molecule has 0 atom stereocenters. The van der Waals surface area contributed by atoms with Crippen molar-refractivity contribution in [2.24, 2.45) is 5.73 Å². The van der Waals surface area contributed by atoms with E-state index < -0.39 is 24.9 Å².